The summed E-state index contributed by atoms with van der Waals surface area (Å²) in [6.45, 7) is 6.17. The van der Waals surface area contributed by atoms with E-state index < -0.39 is 0 Å². The van der Waals surface area contributed by atoms with E-state index in [9.17, 15) is 9.18 Å². The molecule has 0 unspecified atom stereocenters. The highest BCUT2D eigenvalue weighted by Crippen LogP contribution is 2.26. The van der Waals surface area contributed by atoms with Gasteiger partial charge in [0.2, 0.25) is 5.91 Å². The molecule has 31 heavy (non-hydrogen) atoms. The number of furan rings is 1. The van der Waals surface area contributed by atoms with Crippen molar-refractivity contribution in [2.45, 2.75) is 6.92 Å². The topological polar surface area (TPSA) is 48.7 Å². The number of hydrogen-bond acceptors (Lipinski definition) is 4. The lowest BCUT2D eigenvalue weighted by Gasteiger charge is -2.35. The summed E-state index contributed by atoms with van der Waals surface area (Å²) in [5.41, 5.74) is 3.48. The number of rotatable bonds is 5. The highest BCUT2D eigenvalue weighted by Gasteiger charge is 2.16. The van der Waals surface area contributed by atoms with Crippen LogP contribution in [0.3, 0.4) is 0 Å². The first-order valence-corrected chi connectivity index (χ1v) is 10.4. The molecule has 0 aliphatic carbocycles. The molecule has 0 atom stereocenters. The van der Waals surface area contributed by atoms with Gasteiger partial charge in [0, 0.05) is 43.6 Å². The SMILES string of the molecule is Cc1cc(NC(=O)/C=C/c2ccc(-c3ccccc3F)o2)ccc1N1CCN(C)CC1. The molecule has 2 aromatic carbocycles. The molecule has 1 fully saturated rings. The quantitative estimate of drug-likeness (QED) is 0.604. The molecule has 1 N–H and O–H groups in total. The van der Waals surface area contributed by atoms with Crippen molar-refractivity contribution in [1.82, 2.24) is 4.90 Å². The van der Waals surface area contributed by atoms with Gasteiger partial charge in [0.1, 0.15) is 17.3 Å². The Morgan fingerprint density at radius 1 is 1.06 bits per heavy atom. The molecule has 1 saturated heterocycles. The van der Waals surface area contributed by atoms with Gasteiger partial charge in [-0.3, -0.25) is 4.79 Å². The number of nitrogens with zero attached hydrogens (tertiary/aromatic N) is 2. The first kappa shape index (κ1) is 20.9. The largest absolute Gasteiger partial charge is 0.457 e. The summed E-state index contributed by atoms with van der Waals surface area (Å²) in [6.07, 6.45) is 2.98. The summed E-state index contributed by atoms with van der Waals surface area (Å²) in [4.78, 5) is 17.0. The number of aryl methyl sites for hydroxylation is 1. The zero-order valence-corrected chi connectivity index (χ0v) is 17.8. The zero-order chi connectivity index (χ0) is 21.8. The predicted molar refractivity (Wildman–Crippen MR) is 123 cm³/mol. The van der Waals surface area contributed by atoms with Gasteiger partial charge in [-0.05, 0) is 68.1 Å². The Kier molecular flexibility index (Phi) is 6.18. The van der Waals surface area contributed by atoms with Crippen LogP contribution in [0.2, 0.25) is 0 Å². The average Bonchev–Trinajstić information content (AvgIpc) is 3.22. The Labute approximate surface area is 181 Å². The summed E-state index contributed by atoms with van der Waals surface area (Å²) in [6, 6.07) is 15.8. The van der Waals surface area contributed by atoms with E-state index in [-0.39, 0.29) is 11.7 Å². The summed E-state index contributed by atoms with van der Waals surface area (Å²) in [5, 5.41) is 2.88. The number of likely N-dealkylation sites (N-methyl/N-ethyl adjacent to an activating group) is 1. The predicted octanol–water partition coefficient (Wildman–Crippen LogP) is 4.80. The van der Waals surface area contributed by atoms with Crippen LogP contribution in [0.5, 0.6) is 0 Å². The van der Waals surface area contributed by atoms with Gasteiger partial charge in [-0.15, -0.1) is 0 Å². The maximum atomic E-state index is 13.9. The second-order valence-corrected chi connectivity index (χ2v) is 7.80. The molecule has 1 aliphatic heterocycles. The lowest BCUT2D eigenvalue weighted by Crippen LogP contribution is -2.44. The molecule has 2 heterocycles. The second-order valence-electron chi connectivity index (χ2n) is 7.80. The Morgan fingerprint density at radius 2 is 1.84 bits per heavy atom. The summed E-state index contributed by atoms with van der Waals surface area (Å²) < 4.78 is 19.5. The summed E-state index contributed by atoms with van der Waals surface area (Å²) in [5.74, 6) is 0.305. The van der Waals surface area contributed by atoms with Gasteiger partial charge >= 0.3 is 0 Å². The van der Waals surface area contributed by atoms with Crippen molar-refractivity contribution in [3.05, 3.63) is 77.8 Å². The Balaban J connectivity index is 1.38. The second kappa shape index (κ2) is 9.18. The van der Waals surface area contributed by atoms with Crippen LogP contribution >= 0.6 is 0 Å². The third-order valence-electron chi connectivity index (χ3n) is 5.47. The Hall–Kier alpha value is -3.38. The van der Waals surface area contributed by atoms with Crippen LogP contribution in [-0.2, 0) is 4.79 Å². The third-order valence-corrected chi connectivity index (χ3v) is 5.47. The van der Waals surface area contributed by atoms with Gasteiger partial charge in [0.05, 0.1) is 5.56 Å². The van der Waals surface area contributed by atoms with E-state index in [1.54, 1.807) is 36.4 Å². The number of benzene rings is 2. The molecular formula is C25H26FN3O2. The number of hydrogen-bond donors (Lipinski definition) is 1. The van der Waals surface area contributed by atoms with E-state index in [0.717, 1.165) is 37.4 Å². The lowest BCUT2D eigenvalue weighted by molar-refractivity contribution is -0.111. The van der Waals surface area contributed by atoms with Gasteiger partial charge in [-0.25, -0.2) is 4.39 Å². The van der Waals surface area contributed by atoms with E-state index in [1.165, 1.54) is 17.8 Å². The van der Waals surface area contributed by atoms with Crippen LogP contribution in [0.15, 0.2) is 65.1 Å². The van der Waals surface area contributed by atoms with E-state index in [4.69, 9.17) is 4.42 Å². The van der Waals surface area contributed by atoms with Crippen LogP contribution in [0.25, 0.3) is 17.4 Å². The minimum Gasteiger partial charge on any atom is -0.457 e. The maximum absolute atomic E-state index is 13.9. The number of amides is 1. The van der Waals surface area contributed by atoms with Crippen molar-refractivity contribution >= 4 is 23.4 Å². The van der Waals surface area contributed by atoms with Gasteiger partial charge < -0.3 is 19.5 Å². The molecule has 0 saturated carbocycles. The van der Waals surface area contributed by atoms with Crippen LogP contribution < -0.4 is 10.2 Å². The average molecular weight is 420 g/mol. The monoisotopic (exact) mass is 419 g/mol. The van der Waals surface area contributed by atoms with Crippen molar-refractivity contribution < 1.29 is 13.6 Å². The minimum absolute atomic E-state index is 0.254. The lowest BCUT2D eigenvalue weighted by atomic mass is 10.1. The van der Waals surface area contributed by atoms with Gasteiger partial charge in [-0.1, -0.05) is 12.1 Å². The van der Waals surface area contributed by atoms with Crippen molar-refractivity contribution in [1.29, 1.82) is 0 Å². The van der Waals surface area contributed by atoms with Crippen LogP contribution in [0.4, 0.5) is 15.8 Å². The molecule has 0 spiro atoms. The molecule has 3 aromatic rings. The zero-order valence-electron chi connectivity index (χ0n) is 17.8. The van der Waals surface area contributed by atoms with E-state index in [1.807, 2.05) is 12.1 Å². The molecule has 0 bridgehead atoms. The summed E-state index contributed by atoms with van der Waals surface area (Å²) >= 11 is 0. The molecule has 160 valence electrons. The van der Waals surface area contributed by atoms with E-state index in [0.29, 0.717) is 17.1 Å². The minimum atomic E-state index is -0.347. The molecule has 4 rings (SSSR count). The third kappa shape index (κ3) is 5.03. The fraction of sp³-hybridized carbons (Fsp3) is 0.240. The number of carbonyl (C=O) groups excluding carboxylic acids is 1. The number of nitrogens with one attached hydrogen (secondary N) is 1. The number of anilines is 2. The number of carbonyl (C=O) groups is 1. The molecule has 5 nitrogen and oxygen atoms in total. The first-order valence-electron chi connectivity index (χ1n) is 10.4. The Morgan fingerprint density at radius 3 is 2.58 bits per heavy atom. The molecule has 6 heteroatoms. The van der Waals surface area contributed by atoms with Gasteiger partial charge in [-0.2, -0.15) is 0 Å². The maximum Gasteiger partial charge on any atom is 0.248 e. The fourth-order valence-electron chi connectivity index (χ4n) is 3.73. The fourth-order valence-corrected chi connectivity index (χ4v) is 3.73. The highest BCUT2D eigenvalue weighted by atomic mass is 19.1. The number of halogens is 1. The molecule has 1 aromatic heterocycles. The summed E-state index contributed by atoms with van der Waals surface area (Å²) in [7, 11) is 2.14. The molecule has 1 amide bonds. The van der Waals surface area contributed by atoms with E-state index >= 15 is 0 Å². The van der Waals surface area contributed by atoms with Crippen LogP contribution in [-0.4, -0.2) is 44.0 Å². The number of piperazine rings is 1. The smallest absolute Gasteiger partial charge is 0.248 e. The highest BCUT2D eigenvalue weighted by molar-refractivity contribution is 6.02. The van der Waals surface area contributed by atoms with Crippen LogP contribution in [0, 0.1) is 12.7 Å². The Bertz CT molecular complexity index is 1100. The molecule has 0 radical (unpaired) electrons. The van der Waals surface area contributed by atoms with Crippen molar-refractivity contribution in [2.24, 2.45) is 0 Å². The van der Waals surface area contributed by atoms with Gasteiger partial charge in [0.15, 0.2) is 0 Å². The standard InChI is InChI=1S/C25H26FN3O2/c1-18-17-19(7-10-23(18)29-15-13-28(2)14-16-29)27-25(30)12-9-20-8-11-24(31-20)21-5-3-4-6-22(21)26/h3-12,17H,13-16H2,1-2H3,(H,27,30)/b12-9+. The van der Waals surface area contributed by atoms with Crippen molar-refractivity contribution in [3.8, 4) is 11.3 Å². The van der Waals surface area contributed by atoms with Gasteiger partial charge in [0.25, 0.3) is 0 Å². The van der Waals surface area contributed by atoms with Crippen molar-refractivity contribution in [3.63, 3.8) is 0 Å². The van der Waals surface area contributed by atoms with E-state index in [2.05, 4.69) is 35.2 Å². The first-order chi connectivity index (χ1) is 15.0. The van der Waals surface area contributed by atoms with Crippen LogP contribution in [0.1, 0.15) is 11.3 Å². The normalized spacial score (nSPS) is 14.9. The molecular weight excluding hydrogens is 393 g/mol. The van der Waals surface area contributed by atoms with Crippen molar-refractivity contribution in [2.75, 3.05) is 43.4 Å². The molecule has 1 aliphatic rings.